The molecule has 3 rings (SSSR count). The standard InChI is InChI=1S/C20H28N4O3S/c1-3-4-6-15-19-22-14(18-16(25)7-5-8-17(18)27-2)11-23(19)9-10-24(15)20(26)13(21)12-28/h5,7-8,11,13,15,25,28H,3-4,6,9-10,12,21H2,1-2H3. The van der Waals surface area contributed by atoms with Crippen LogP contribution >= 0.6 is 12.6 Å². The van der Waals surface area contributed by atoms with Gasteiger partial charge in [-0.1, -0.05) is 25.8 Å². The molecule has 2 aromatic rings. The lowest BCUT2D eigenvalue weighted by Gasteiger charge is -2.37. The van der Waals surface area contributed by atoms with Gasteiger partial charge in [0.1, 0.15) is 17.3 Å². The molecule has 2 atom stereocenters. The van der Waals surface area contributed by atoms with Crippen LogP contribution in [0.2, 0.25) is 0 Å². The zero-order chi connectivity index (χ0) is 20.3. The monoisotopic (exact) mass is 404 g/mol. The first-order valence-corrected chi connectivity index (χ1v) is 10.2. The van der Waals surface area contributed by atoms with Gasteiger partial charge < -0.3 is 25.0 Å². The van der Waals surface area contributed by atoms with E-state index in [0.717, 1.165) is 25.1 Å². The van der Waals surface area contributed by atoms with Crippen molar-refractivity contribution in [1.82, 2.24) is 14.5 Å². The second-order valence-corrected chi connectivity index (χ2v) is 7.38. The van der Waals surface area contributed by atoms with Gasteiger partial charge in [-0.05, 0) is 18.6 Å². The van der Waals surface area contributed by atoms with Crippen LogP contribution in [0.25, 0.3) is 11.3 Å². The van der Waals surface area contributed by atoms with E-state index in [1.165, 1.54) is 0 Å². The third-order valence-corrected chi connectivity index (χ3v) is 5.57. The van der Waals surface area contributed by atoms with Crippen molar-refractivity contribution in [2.75, 3.05) is 19.4 Å². The number of hydrogen-bond donors (Lipinski definition) is 3. The maximum Gasteiger partial charge on any atom is 0.241 e. The van der Waals surface area contributed by atoms with Crippen LogP contribution in [0.15, 0.2) is 24.4 Å². The molecule has 28 heavy (non-hydrogen) atoms. The number of phenols is 1. The number of methoxy groups -OCH3 is 1. The van der Waals surface area contributed by atoms with E-state index in [2.05, 4.69) is 24.1 Å². The number of rotatable bonds is 7. The van der Waals surface area contributed by atoms with E-state index in [1.807, 2.05) is 11.1 Å². The van der Waals surface area contributed by atoms with Gasteiger partial charge in [-0.25, -0.2) is 4.98 Å². The van der Waals surface area contributed by atoms with E-state index < -0.39 is 6.04 Å². The SMILES string of the molecule is CCCCC1c2nc(-c3c(O)cccc3OC)cn2CCN1C(=O)C(N)CS. The number of aromatic hydroxyl groups is 1. The van der Waals surface area contributed by atoms with Crippen molar-refractivity contribution < 1.29 is 14.6 Å². The number of fused-ring (bicyclic) bond motifs is 1. The molecule has 0 spiro atoms. The zero-order valence-electron chi connectivity index (χ0n) is 16.3. The lowest BCUT2D eigenvalue weighted by atomic mass is 10.0. The Labute approximate surface area is 170 Å². The number of nitrogens with zero attached hydrogens (tertiary/aromatic N) is 3. The van der Waals surface area contributed by atoms with Gasteiger partial charge in [0.2, 0.25) is 5.91 Å². The van der Waals surface area contributed by atoms with Crippen LogP contribution in [-0.4, -0.2) is 50.9 Å². The van der Waals surface area contributed by atoms with Gasteiger partial charge >= 0.3 is 0 Å². The number of thiol groups is 1. The van der Waals surface area contributed by atoms with Crippen molar-refractivity contribution in [3.05, 3.63) is 30.2 Å². The fourth-order valence-electron chi connectivity index (χ4n) is 3.69. The molecule has 0 saturated carbocycles. The lowest BCUT2D eigenvalue weighted by Crippen LogP contribution is -2.50. The molecule has 1 amide bonds. The van der Waals surface area contributed by atoms with Crippen molar-refractivity contribution in [2.24, 2.45) is 5.73 Å². The molecular formula is C20H28N4O3S. The Bertz CT molecular complexity index is 839. The highest BCUT2D eigenvalue weighted by atomic mass is 32.1. The number of amides is 1. The molecule has 0 fully saturated rings. The molecular weight excluding hydrogens is 376 g/mol. The van der Waals surface area contributed by atoms with Crippen LogP contribution in [0.3, 0.4) is 0 Å². The van der Waals surface area contributed by atoms with Crippen molar-refractivity contribution >= 4 is 18.5 Å². The van der Waals surface area contributed by atoms with Crippen LogP contribution < -0.4 is 10.5 Å². The number of ether oxygens (including phenoxy) is 1. The summed E-state index contributed by atoms with van der Waals surface area (Å²) in [5.41, 5.74) is 7.17. The molecule has 7 nitrogen and oxygen atoms in total. The number of carbonyl (C=O) groups excluding carboxylic acids is 1. The molecule has 1 aromatic heterocycles. The minimum absolute atomic E-state index is 0.0907. The highest BCUT2D eigenvalue weighted by Gasteiger charge is 2.34. The average Bonchev–Trinajstić information content (AvgIpc) is 3.14. The van der Waals surface area contributed by atoms with Gasteiger partial charge in [0.25, 0.3) is 0 Å². The maximum atomic E-state index is 12.8. The Kier molecular flexibility index (Phi) is 6.51. The van der Waals surface area contributed by atoms with Crippen LogP contribution in [0, 0.1) is 0 Å². The summed E-state index contributed by atoms with van der Waals surface area (Å²) in [5.74, 6) is 1.72. The number of benzene rings is 1. The number of phenolic OH excluding ortho intramolecular Hbond substituents is 1. The van der Waals surface area contributed by atoms with Gasteiger partial charge in [0.15, 0.2) is 0 Å². The third-order valence-electron chi connectivity index (χ3n) is 5.17. The van der Waals surface area contributed by atoms with E-state index in [9.17, 15) is 9.90 Å². The van der Waals surface area contributed by atoms with E-state index >= 15 is 0 Å². The number of nitrogens with two attached hydrogens (primary N) is 1. The van der Waals surface area contributed by atoms with Crippen LogP contribution in [0.4, 0.5) is 0 Å². The molecule has 0 bridgehead atoms. The Morgan fingerprint density at radius 3 is 2.93 bits per heavy atom. The van der Waals surface area contributed by atoms with Gasteiger partial charge in [0.05, 0.1) is 30.5 Å². The van der Waals surface area contributed by atoms with Gasteiger partial charge in [-0.3, -0.25) is 4.79 Å². The summed E-state index contributed by atoms with van der Waals surface area (Å²) in [6, 6.07) is 4.39. The molecule has 1 aliphatic heterocycles. The quantitative estimate of drug-likeness (QED) is 0.617. The minimum atomic E-state index is -0.619. The third kappa shape index (κ3) is 3.84. The Morgan fingerprint density at radius 2 is 2.25 bits per heavy atom. The van der Waals surface area contributed by atoms with E-state index in [1.54, 1.807) is 25.3 Å². The van der Waals surface area contributed by atoms with E-state index in [0.29, 0.717) is 35.8 Å². The van der Waals surface area contributed by atoms with Gasteiger partial charge in [-0.15, -0.1) is 0 Å². The topological polar surface area (TPSA) is 93.6 Å². The van der Waals surface area contributed by atoms with E-state index in [-0.39, 0.29) is 17.7 Å². The normalized spacial score (nSPS) is 17.3. The molecule has 0 saturated heterocycles. The molecule has 8 heteroatoms. The summed E-state index contributed by atoms with van der Waals surface area (Å²) in [5, 5.41) is 10.4. The summed E-state index contributed by atoms with van der Waals surface area (Å²) in [7, 11) is 1.57. The number of hydrogen-bond acceptors (Lipinski definition) is 6. The maximum absolute atomic E-state index is 12.8. The van der Waals surface area contributed by atoms with E-state index in [4.69, 9.17) is 15.5 Å². The second-order valence-electron chi connectivity index (χ2n) is 7.01. The first kappa shape index (κ1) is 20.5. The number of imidazole rings is 1. The summed E-state index contributed by atoms with van der Waals surface area (Å²) in [6.45, 7) is 3.33. The average molecular weight is 405 g/mol. The minimum Gasteiger partial charge on any atom is -0.507 e. The smallest absolute Gasteiger partial charge is 0.241 e. The Balaban J connectivity index is 2.02. The molecule has 2 unspecified atom stereocenters. The first-order valence-electron chi connectivity index (χ1n) is 9.62. The second kappa shape index (κ2) is 8.87. The van der Waals surface area contributed by atoms with Crippen molar-refractivity contribution in [3.63, 3.8) is 0 Å². The first-order chi connectivity index (χ1) is 13.5. The number of carbonyl (C=O) groups is 1. The Morgan fingerprint density at radius 1 is 1.46 bits per heavy atom. The number of aromatic nitrogens is 2. The van der Waals surface area contributed by atoms with Crippen molar-refractivity contribution in [2.45, 2.75) is 44.8 Å². The molecule has 2 heterocycles. The fraction of sp³-hybridized carbons (Fsp3) is 0.500. The molecule has 1 aromatic carbocycles. The summed E-state index contributed by atoms with van der Waals surface area (Å²) >= 11 is 4.18. The number of unbranched alkanes of at least 4 members (excludes halogenated alkanes) is 1. The lowest BCUT2D eigenvalue weighted by molar-refractivity contribution is -0.136. The Hall–Kier alpha value is -2.19. The molecule has 152 valence electrons. The van der Waals surface area contributed by atoms with Crippen LogP contribution in [0.5, 0.6) is 11.5 Å². The van der Waals surface area contributed by atoms with Crippen LogP contribution in [-0.2, 0) is 11.3 Å². The van der Waals surface area contributed by atoms with Crippen molar-refractivity contribution in [1.29, 1.82) is 0 Å². The molecule has 0 radical (unpaired) electrons. The molecule has 3 N–H and O–H groups in total. The fourth-order valence-corrected chi connectivity index (χ4v) is 3.85. The van der Waals surface area contributed by atoms with Crippen molar-refractivity contribution in [3.8, 4) is 22.8 Å². The van der Waals surface area contributed by atoms with Gasteiger partial charge in [0, 0.05) is 25.0 Å². The molecule has 1 aliphatic rings. The highest BCUT2D eigenvalue weighted by molar-refractivity contribution is 7.80. The predicted molar refractivity (Wildman–Crippen MR) is 112 cm³/mol. The molecule has 0 aliphatic carbocycles. The predicted octanol–water partition coefficient (Wildman–Crippen LogP) is 2.59. The van der Waals surface area contributed by atoms with Gasteiger partial charge in [-0.2, -0.15) is 12.6 Å². The summed E-state index contributed by atoms with van der Waals surface area (Å²) in [4.78, 5) is 19.4. The van der Waals surface area contributed by atoms with Crippen LogP contribution in [0.1, 0.15) is 38.1 Å². The summed E-state index contributed by atoms with van der Waals surface area (Å²) in [6.07, 6.45) is 4.74. The zero-order valence-corrected chi connectivity index (χ0v) is 17.2. The largest absolute Gasteiger partial charge is 0.507 e. The highest BCUT2D eigenvalue weighted by Crippen LogP contribution is 2.39. The summed E-state index contributed by atoms with van der Waals surface area (Å²) < 4.78 is 7.48.